The van der Waals surface area contributed by atoms with Crippen molar-refractivity contribution >= 4 is 23.4 Å². The Morgan fingerprint density at radius 1 is 1.25 bits per heavy atom. The highest BCUT2D eigenvalue weighted by molar-refractivity contribution is 6.33. The van der Waals surface area contributed by atoms with E-state index in [1.54, 1.807) is 4.90 Å². The van der Waals surface area contributed by atoms with Gasteiger partial charge in [-0.2, -0.15) is 0 Å². The molecule has 0 unspecified atom stereocenters. The minimum absolute atomic E-state index is 0.0144. The van der Waals surface area contributed by atoms with E-state index in [4.69, 9.17) is 22.1 Å². The van der Waals surface area contributed by atoms with Crippen LogP contribution in [0.15, 0.2) is 30.5 Å². The van der Waals surface area contributed by atoms with E-state index < -0.39 is 17.5 Å². The molecule has 3 rings (SSSR count). The van der Waals surface area contributed by atoms with E-state index in [-0.39, 0.29) is 34.8 Å². The molecule has 0 aliphatic carbocycles. The number of pyridine rings is 1. The first kappa shape index (κ1) is 20.0. The van der Waals surface area contributed by atoms with Gasteiger partial charge in [0.1, 0.15) is 11.9 Å². The maximum atomic E-state index is 13.7. The van der Waals surface area contributed by atoms with E-state index in [2.05, 4.69) is 4.98 Å². The molecule has 0 atom stereocenters. The highest BCUT2D eigenvalue weighted by atomic mass is 35.5. The molecule has 148 valence electrons. The summed E-state index contributed by atoms with van der Waals surface area (Å²) in [7, 11) is 0. The van der Waals surface area contributed by atoms with Crippen LogP contribution in [0.5, 0.6) is 5.75 Å². The molecule has 9 heteroatoms. The summed E-state index contributed by atoms with van der Waals surface area (Å²) in [6.45, 7) is 0.770. The van der Waals surface area contributed by atoms with E-state index >= 15 is 0 Å². The molecule has 1 fully saturated rings. The number of nitrogens with two attached hydrogens (primary N) is 1. The Labute approximate surface area is 165 Å². The largest absolute Gasteiger partial charge is 0.487 e. The smallest absolute Gasteiger partial charge is 0.255 e. The van der Waals surface area contributed by atoms with Crippen LogP contribution in [-0.2, 0) is 11.2 Å². The minimum atomic E-state index is -0.760. The van der Waals surface area contributed by atoms with Crippen LogP contribution in [0.4, 0.5) is 8.78 Å². The van der Waals surface area contributed by atoms with Crippen LogP contribution in [0, 0.1) is 11.6 Å². The number of carbonyl (C=O) groups excluding carboxylic acids is 2. The van der Waals surface area contributed by atoms with Crippen molar-refractivity contribution in [1.29, 1.82) is 0 Å². The van der Waals surface area contributed by atoms with Gasteiger partial charge in [-0.1, -0.05) is 11.6 Å². The molecule has 2 N–H and O–H groups in total. The summed E-state index contributed by atoms with van der Waals surface area (Å²) in [5, 5.41) is 0.185. The summed E-state index contributed by atoms with van der Waals surface area (Å²) in [6.07, 6.45) is 1.91. The molecule has 1 saturated heterocycles. The van der Waals surface area contributed by atoms with Crippen molar-refractivity contribution in [2.75, 3.05) is 13.1 Å². The molecule has 2 aromatic rings. The van der Waals surface area contributed by atoms with E-state index in [1.807, 2.05) is 0 Å². The lowest BCUT2D eigenvalue weighted by Gasteiger charge is -2.32. The van der Waals surface area contributed by atoms with Crippen LogP contribution >= 0.6 is 11.6 Å². The number of halogens is 3. The van der Waals surface area contributed by atoms with Gasteiger partial charge in [-0.15, -0.1) is 0 Å². The summed E-state index contributed by atoms with van der Waals surface area (Å²) in [6, 6.07) is 4.61. The molecular weight excluding hydrogens is 392 g/mol. The number of hydrogen-bond acceptors (Lipinski definition) is 4. The Bertz CT molecular complexity index is 902. The van der Waals surface area contributed by atoms with Gasteiger partial charge in [0.2, 0.25) is 5.91 Å². The number of rotatable bonds is 5. The topological polar surface area (TPSA) is 85.5 Å². The lowest BCUT2D eigenvalue weighted by Crippen LogP contribution is -2.42. The Balaban J connectivity index is 1.63. The van der Waals surface area contributed by atoms with Crippen LogP contribution in [-0.4, -0.2) is 40.9 Å². The third-order valence-electron chi connectivity index (χ3n) is 4.41. The van der Waals surface area contributed by atoms with Gasteiger partial charge in [-0.25, -0.2) is 8.78 Å². The highest BCUT2D eigenvalue weighted by Gasteiger charge is 2.27. The fourth-order valence-electron chi connectivity index (χ4n) is 3.02. The SMILES string of the molecule is NC(=O)Cc1cc(C(=O)N2CCC(Oc3ccc(F)cc3F)CC2)c(Cl)cn1. The van der Waals surface area contributed by atoms with Crippen molar-refractivity contribution in [2.24, 2.45) is 5.73 Å². The number of nitrogens with zero attached hydrogens (tertiary/aromatic N) is 2. The molecule has 1 aromatic carbocycles. The Hall–Kier alpha value is -2.74. The van der Waals surface area contributed by atoms with Crippen molar-refractivity contribution < 1.29 is 23.1 Å². The van der Waals surface area contributed by atoms with Crippen molar-refractivity contribution in [3.63, 3.8) is 0 Å². The zero-order chi connectivity index (χ0) is 20.3. The molecule has 28 heavy (non-hydrogen) atoms. The average Bonchev–Trinajstić information content (AvgIpc) is 2.65. The third kappa shape index (κ3) is 4.75. The average molecular weight is 410 g/mol. The van der Waals surface area contributed by atoms with E-state index in [0.717, 1.165) is 12.1 Å². The van der Waals surface area contributed by atoms with Gasteiger partial charge in [0.05, 0.1) is 22.7 Å². The standard InChI is InChI=1S/C19H18ClF2N3O3/c20-15-10-24-12(9-18(23)26)8-14(15)19(27)25-5-3-13(4-6-25)28-17-2-1-11(21)7-16(17)22/h1-2,7-8,10,13H,3-6,9H2,(H2,23,26). The summed E-state index contributed by atoms with van der Waals surface area (Å²) in [5.41, 5.74) is 5.77. The fraction of sp³-hybridized carbons (Fsp3) is 0.316. The molecule has 0 bridgehead atoms. The summed E-state index contributed by atoms with van der Waals surface area (Å²) in [4.78, 5) is 29.4. The molecule has 2 amide bonds. The first-order valence-corrected chi connectivity index (χ1v) is 9.05. The number of primary amides is 1. The summed E-state index contributed by atoms with van der Waals surface area (Å²) < 4.78 is 32.3. The van der Waals surface area contributed by atoms with E-state index in [0.29, 0.717) is 31.6 Å². The van der Waals surface area contributed by atoms with Crippen molar-refractivity contribution in [3.05, 3.63) is 58.4 Å². The van der Waals surface area contributed by atoms with Crippen molar-refractivity contribution in [1.82, 2.24) is 9.88 Å². The second-order valence-corrected chi connectivity index (χ2v) is 6.89. The quantitative estimate of drug-likeness (QED) is 0.822. The molecular formula is C19H18ClF2N3O3. The molecule has 0 radical (unpaired) electrons. The Kier molecular flexibility index (Phi) is 6.08. The normalized spacial score (nSPS) is 14.8. The lowest BCUT2D eigenvalue weighted by atomic mass is 10.1. The summed E-state index contributed by atoms with van der Waals surface area (Å²) >= 11 is 6.09. The number of amides is 2. The fourth-order valence-corrected chi connectivity index (χ4v) is 3.20. The first-order chi connectivity index (χ1) is 13.3. The molecule has 1 aliphatic rings. The summed E-state index contributed by atoms with van der Waals surface area (Å²) in [5.74, 6) is -2.29. The predicted octanol–water partition coefficient (Wildman–Crippen LogP) is 2.72. The minimum Gasteiger partial charge on any atom is -0.487 e. The predicted molar refractivity (Wildman–Crippen MR) is 98.1 cm³/mol. The number of benzene rings is 1. The second-order valence-electron chi connectivity index (χ2n) is 6.48. The number of carbonyl (C=O) groups is 2. The molecule has 2 heterocycles. The maximum absolute atomic E-state index is 13.7. The third-order valence-corrected chi connectivity index (χ3v) is 4.72. The first-order valence-electron chi connectivity index (χ1n) is 8.67. The number of piperidine rings is 1. The van der Waals surface area contributed by atoms with Crippen LogP contribution in [0.3, 0.4) is 0 Å². The number of aromatic nitrogens is 1. The maximum Gasteiger partial charge on any atom is 0.255 e. The molecule has 1 aliphatic heterocycles. The Morgan fingerprint density at radius 2 is 1.96 bits per heavy atom. The highest BCUT2D eigenvalue weighted by Crippen LogP contribution is 2.25. The van der Waals surface area contributed by atoms with Gasteiger partial charge in [-0.3, -0.25) is 14.6 Å². The molecule has 1 aromatic heterocycles. The van der Waals surface area contributed by atoms with E-state index in [9.17, 15) is 18.4 Å². The van der Waals surface area contributed by atoms with Gasteiger partial charge >= 0.3 is 0 Å². The van der Waals surface area contributed by atoms with Gasteiger partial charge < -0.3 is 15.4 Å². The zero-order valence-corrected chi connectivity index (χ0v) is 15.6. The molecule has 0 spiro atoms. The monoisotopic (exact) mass is 409 g/mol. The molecule has 6 nitrogen and oxygen atoms in total. The van der Waals surface area contributed by atoms with Gasteiger partial charge in [0.15, 0.2) is 11.6 Å². The second kappa shape index (κ2) is 8.52. The van der Waals surface area contributed by atoms with Crippen LogP contribution < -0.4 is 10.5 Å². The van der Waals surface area contributed by atoms with Crippen molar-refractivity contribution in [3.8, 4) is 5.75 Å². The lowest BCUT2D eigenvalue weighted by molar-refractivity contribution is -0.117. The number of hydrogen-bond donors (Lipinski definition) is 1. The Morgan fingerprint density at radius 3 is 2.61 bits per heavy atom. The van der Waals surface area contributed by atoms with Crippen LogP contribution in [0.25, 0.3) is 0 Å². The van der Waals surface area contributed by atoms with Crippen molar-refractivity contribution in [2.45, 2.75) is 25.4 Å². The number of likely N-dealkylation sites (tertiary alicyclic amines) is 1. The van der Waals surface area contributed by atoms with Crippen LogP contribution in [0.2, 0.25) is 5.02 Å². The van der Waals surface area contributed by atoms with Crippen LogP contribution in [0.1, 0.15) is 28.9 Å². The zero-order valence-electron chi connectivity index (χ0n) is 14.8. The van der Waals surface area contributed by atoms with Gasteiger partial charge in [0, 0.05) is 38.2 Å². The van der Waals surface area contributed by atoms with Gasteiger partial charge in [0.25, 0.3) is 5.91 Å². The van der Waals surface area contributed by atoms with E-state index in [1.165, 1.54) is 18.3 Å². The van der Waals surface area contributed by atoms with Gasteiger partial charge in [-0.05, 0) is 18.2 Å². The number of ether oxygens (including phenoxy) is 1. The molecule has 0 saturated carbocycles.